The van der Waals surface area contributed by atoms with Crippen LogP contribution in [0.5, 0.6) is 11.5 Å². The van der Waals surface area contributed by atoms with Crippen molar-refractivity contribution in [3.05, 3.63) is 36.4 Å². The van der Waals surface area contributed by atoms with Gasteiger partial charge in [0, 0.05) is 6.07 Å². The third-order valence-electron chi connectivity index (χ3n) is 2.25. The molecule has 0 bridgehead atoms. The highest BCUT2D eigenvalue weighted by Gasteiger charge is 2.10. The van der Waals surface area contributed by atoms with Crippen molar-refractivity contribution in [2.45, 2.75) is 12.8 Å². The molecule has 0 atom stereocenters. The van der Waals surface area contributed by atoms with Crippen molar-refractivity contribution in [2.24, 2.45) is 0 Å². The molecule has 14 heavy (non-hydrogen) atoms. The van der Waals surface area contributed by atoms with Gasteiger partial charge in [0.05, 0.1) is 6.61 Å². The molecule has 0 saturated carbocycles. The summed E-state index contributed by atoms with van der Waals surface area (Å²) in [5, 5.41) is 0. The maximum absolute atomic E-state index is 5.54. The van der Waals surface area contributed by atoms with Crippen molar-refractivity contribution in [3.63, 3.8) is 0 Å². The second-order valence-corrected chi connectivity index (χ2v) is 3.32. The fourth-order valence-corrected chi connectivity index (χ4v) is 1.57. The summed E-state index contributed by atoms with van der Waals surface area (Å²) in [6.07, 6.45) is 3.96. The van der Waals surface area contributed by atoms with Crippen molar-refractivity contribution >= 4 is 0 Å². The minimum absolute atomic E-state index is 0.540. The first-order chi connectivity index (χ1) is 6.90. The quantitative estimate of drug-likeness (QED) is 0.682. The van der Waals surface area contributed by atoms with Crippen LogP contribution in [-0.4, -0.2) is 13.2 Å². The highest BCUT2D eigenvalue weighted by Crippen LogP contribution is 2.28. The molecular formula is C12H14O2. The van der Waals surface area contributed by atoms with Gasteiger partial charge in [-0.05, 0) is 24.5 Å². The molecule has 0 N–H and O–H groups in total. The molecule has 0 spiro atoms. The molecule has 2 heteroatoms. The van der Waals surface area contributed by atoms with E-state index in [4.69, 9.17) is 9.47 Å². The molecule has 1 aromatic rings. The van der Waals surface area contributed by atoms with Gasteiger partial charge in [0.2, 0.25) is 0 Å². The lowest BCUT2D eigenvalue weighted by molar-refractivity contribution is 0.284. The minimum Gasteiger partial charge on any atom is -0.493 e. The largest absolute Gasteiger partial charge is 0.493 e. The molecule has 1 heterocycles. The summed E-state index contributed by atoms with van der Waals surface area (Å²) < 4.78 is 11.0. The highest BCUT2D eigenvalue weighted by atomic mass is 16.5. The molecule has 0 unspecified atom stereocenters. The molecule has 0 saturated heterocycles. The molecule has 1 aromatic carbocycles. The van der Waals surface area contributed by atoms with E-state index in [2.05, 4.69) is 12.6 Å². The molecule has 0 radical (unpaired) electrons. The van der Waals surface area contributed by atoms with Crippen molar-refractivity contribution in [1.82, 2.24) is 0 Å². The van der Waals surface area contributed by atoms with Gasteiger partial charge in [-0.25, -0.2) is 0 Å². The topological polar surface area (TPSA) is 18.5 Å². The third-order valence-corrected chi connectivity index (χ3v) is 2.25. The van der Waals surface area contributed by atoms with Gasteiger partial charge in [-0.1, -0.05) is 18.7 Å². The second kappa shape index (κ2) is 4.18. The Morgan fingerprint density at radius 3 is 3.29 bits per heavy atom. The molecule has 0 fully saturated rings. The highest BCUT2D eigenvalue weighted by molar-refractivity contribution is 5.41. The van der Waals surface area contributed by atoms with Crippen LogP contribution in [0.1, 0.15) is 12.0 Å². The van der Waals surface area contributed by atoms with Crippen LogP contribution >= 0.6 is 0 Å². The van der Waals surface area contributed by atoms with Gasteiger partial charge in [0.15, 0.2) is 0 Å². The van der Waals surface area contributed by atoms with Gasteiger partial charge in [-0.2, -0.15) is 0 Å². The molecule has 2 rings (SSSR count). The van der Waals surface area contributed by atoms with Gasteiger partial charge in [0.1, 0.15) is 18.1 Å². The first-order valence-electron chi connectivity index (χ1n) is 4.89. The Morgan fingerprint density at radius 2 is 2.43 bits per heavy atom. The summed E-state index contributed by atoms with van der Waals surface area (Å²) in [6.45, 7) is 4.96. The number of aryl methyl sites for hydroxylation is 1. The van der Waals surface area contributed by atoms with E-state index in [-0.39, 0.29) is 0 Å². The third kappa shape index (κ3) is 1.90. The van der Waals surface area contributed by atoms with Crippen LogP contribution in [0.15, 0.2) is 30.9 Å². The Labute approximate surface area is 84.2 Å². The van der Waals surface area contributed by atoms with Gasteiger partial charge >= 0.3 is 0 Å². The van der Waals surface area contributed by atoms with Crippen LogP contribution in [0.3, 0.4) is 0 Å². The van der Waals surface area contributed by atoms with Crippen molar-refractivity contribution < 1.29 is 9.47 Å². The Kier molecular flexibility index (Phi) is 2.73. The molecule has 74 valence electrons. The zero-order valence-electron chi connectivity index (χ0n) is 8.16. The molecule has 0 aliphatic carbocycles. The van der Waals surface area contributed by atoms with E-state index in [1.165, 1.54) is 5.56 Å². The molecule has 0 amide bonds. The summed E-state index contributed by atoms with van der Waals surface area (Å²) in [4.78, 5) is 0. The zero-order valence-corrected chi connectivity index (χ0v) is 8.16. The predicted molar refractivity (Wildman–Crippen MR) is 56.0 cm³/mol. The molecule has 2 nitrogen and oxygen atoms in total. The van der Waals surface area contributed by atoms with Crippen LogP contribution in [0.2, 0.25) is 0 Å². The van der Waals surface area contributed by atoms with E-state index in [0.29, 0.717) is 6.61 Å². The fourth-order valence-electron chi connectivity index (χ4n) is 1.57. The van der Waals surface area contributed by atoms with Crippen LogP contribution in [0, 0.1) is 0 Å². The van der Waals surface area contributed by atoms with Crippen LogP contribution in [0.25, 0.3) is 0 Å². The van der Waals surface area contributed by atoms with E-state index in [9.17, 15) is 0 Å². The lowest BCUT2D eigenvalue weighted by Gasteiger charge is -2.17. The van der Waals surface area contributed by atoms with Gasteiger partial charge in [-0.15, -0.1) is 0 Å². The average Bonchev–Trinajstić information content (AvgIpc) is 2.26. The summed E-state index contributed by atoms with van der Waals surface area (Å²) in [5.41, 5.74) is 1.28. The van der Waals surface area contributed by atoms with Crippen molar-refractivity contribution in [3.8, 4) is 11.5 Å². The van der Waals surface area contributed by atoms with Crippen molar-refractivity contribution in [2.75, 3.05) is 13.2 Å². The number of fused-ring (bicyclic) bond motifs is 1. The summed E-state index contributed by atoms with van der Waals surface area (Å²) in [6, 6.07) is 6.02. The monoisotopic (exact) mass is 190 g/mol. The van der Waals surface area contributed by atoms with E-state index in [1.807, 2.05) is 12.1 Å². The summed E-state index contributed by atoms with van der Waals surface area (Å²) in [7, 11) is 0. The maximum Gasteiger partial charge on any atom is 0.126 e. The molecule has 0 aromatic heterocycles. The lowest BCUT2D eigenvalue weighted by Crippen LogP contribution is -2.08. The van der Waals surface area contributed by atoms with Crippen LogP contribution in [-0.2, 0) is 6.42 Å². The number of hydrogen-bond donors (Lipinski definition) is 0. The molecular weight excluding hydrogens is 176 g/mol. The predicted octanol–water partition coefficient (Wildman–Crippen LogP) is 2.58. The Hall–Kier alpha value is -1.44. The van der Waals surface area contributed by atoms with Gasteiger partial charge in [-0.3, -0.25) is 0 Å². The smallest absolute Gasteiger partial charge is 0.126 e. The van der Waals surface area contributed by atoms with Crippen LogP contribution in [0.4, 0.5) is 0 Å². The maximum atomic E-state index is 5.54. The summed E-state index contributed by atoms with van der Waals surface area (Å²) >= 11 is 0. The number of ether oxygens (including phenoxy) is 2. The Morgan fingerprint density at radius 1 is 1.50 bits per heavy atom. The standard InChI is InChI=1S/C12H14O2/c1-2-7-13-11-6-5-10-4-3-8-14-12(10)9-11/h2,5-6,9H,1,3-4,7-8H2. The average molecular weight is 190 g/mol. The molecule has 1 aliphatic heterocycles. The fraction of sp³-hybridized carbons (Fsp3) is 0.333. The Balaban J connectivity index is 2.16. The zero-order chi connectivity index (χ0) is 9.80. The molecule has 1 aliphatic rings. The summed E-state index contributed by atoms with van der Waals surface area (Å²) in [5.74, 6) is 1.82. The second-order valence-electron chi connectivity index (χ2n) is 3.32. The van der Waals surface area contributed by atoms with Gasteiger partial charge < -0.3 is 9.47 Å². The van der Waals surface area contributed by atoms with Gasteiger partial charge in [0.25, 0.3) is 0 Å². The number of benzene rings is 1. The van der Waals surface area contributed by atoms with E-state index >= 15 is 0 Å². The minimum atomic E-state index is 0.540. The lowest BCUT2D eigenvalue weighted by atomic mass is 10.1. The number of hydrogen-bond acceptors (Lipinski definition) is 2. The first-order valence-corrected chi connectivity index (χ1v) is 4.89. The number of rotatable bonds is 3. The van der Waals surface area contributed by atoms with E-state index in [0.717, 1.165) is 30.9 Å². The first kappa shape index (κ1) is 9.13. The van der Waals surface area contributed by atoms with Crippen LogP contribution < -0.4 is 9.47 Å². The van der Waals surface area contributed by atoms with E-state index < -0.39 is 0 Å². The Bertz CT molecular complexity index is 331. The van der Waals surface area contributed by atoms with Crippen molar-refractivity contribution in [1.29, 1.82) is 0 Å². The normalized spacial score (nSPS) is 14.0. The van der Waals surface area contributed by atoms with E-state index in [1.54, 1.807) is 6.08 Å². The SMILES string of the molecule is C=CCOc1ccc2c(c1)OCCC2.